The molecule has 0 spiro atoms. The number of benzene rings is 1. The van der Waals surface area contributed by atoms with Gasteiger partial charge in [-0.3, -0.25) is 4.79 Å². The second kappa shape index (κ2) is 6.89. The van der Waals surface area contributed by atoms with E-state index in [-0.39, 0.29) is 29.7 Å². The molecular formula is C17H27NO2. The molecule has 3 heteroatoms. The Bertz CT molecular complexity index is 426. The van der Waals surface area contributed by atoms with Gasteiger partial charge in [-0.2, -0.15) is 0 Å². The van der Waals surface area contributed by atoms with Crippen LogP contribution in [-0.4, -0.2) is 23.2 Å². The maximum Gasteiger partial charge on any atom is 0.222 e. The summed E-state index contributed by atoms with van der Waals surface area (Å²) in [6.45, 7) is 10.1. The molecule has 0 aromatic heterocycles. The number of aliphatic hydroxyl groups is 1. The van der Waals surface area contributed by atoms with Crippen LogP contribution in [0.2, 0.25) is 0 Å². The van der Waals surface area contributed by atoms with E-state index in [2.05, 4.69) is 31.3 Å². The van der Waals surface area contributed by atoms with Gasteiger partial charge in [-0.1, -0.05) is 58.0 Å². The Morgan fingerprint density at radius 1 is 1.20 bits per heavy atom. The monoisotopic (exact) mass is 277 g/mol. The lowest BCUT2D eigenvalue weighted by Gasteiger charge is -2.33. The molecule has 0 bridgehead atoms. The van der Waals surface area contributed by atoms with Crippen molar-refractivity contribution in [1.29, 1.82) is 0 Å². The molecule has 112 valence electrons. The fraction of sp³-hybridized carbons (Fsp3) is 0.588. The minimum atomic E-state index is -0.581. The Morgan fingerprint density at radius 2 is 1.75 bits per heavy atom. The van der Waals surface area contributed by atoms with E-state index in [1.54, 1.807) is 0 Å². The van der Waals surface area contributed by atoms with Gasteiger partial charge in [-0.05, 0) is 18.4 Å². The Morgan fingerprint density at radius 3 is 2.25 bits per heavy atom. The van der Waals surface area contributed by atoms with Crippen LogP contribution >= 0.6 is 0 Å². The fourth-order valence-electron chi connectivity index (χ4n) is 2.02. The van der Waals surface area contributed by atoms with Crippen molar-refractivity contribution in [3.63, 3.8) is 0 Å². The van der Waals surface area contributed by atoms with E-state index in [9.17, 15) is 9.90 Å². The Balaban J connectivity index is 2.66. The first-order chi connectivity index (χ1) is 9.25. The molecule has 0 heterocycles. The highest BCUT2D eigenvalue weighted by molar-refractivity contribution is 5.77. The summed E-state index contributed by atoms with van der Waals surface area (Å²) in [7, 11) is 0. The zero-order chi connectivity index (χ0) is 15.3. The number of carbonyl (C=O) groups is 1. The summed E-state index contributed by atoms with van der Waals surface area (Å²) in [5.74, 6) is 0.000829. The molecule has 2 unspecified atom stereocenters. The Hall–Kier alpha value is -1.35. The van der Waals surface area contributed by atoms with Gasteiger partial charge in [-0.15, -0.1) is 0 Å². The third kappa shape index (κ3) is 4.34. The molecule has 0 saturated carbocycles. The lowest BCUT2D eigenvalue weighted by molar-refractivity contribution is -0.124. The molecule has 0 saturated heterocycles. The lowest BCUT2D eigenvalue weighted by Crippen LogP contribution is -2.46. The van der Waals surface area contributed by atoms with Crippen molar-refractivity contribution in [2.24, 2.45) is 5.92 Å². The van der Waals surface area contributed by atoms with Gasteiger partial charge in [0.2, 0.25) is 5.91 Å². The second-order valence-corrected chi connectivity index (χ2v) is 6.39. The molecule has 1 aromatic rings. The summed E-state index contributed by atoms with van der Waals surface area (Å²) < 4.78 is 0. The van der Waals surface area contributed by atoms with Gasteiger partial charge in [0.15, 0.2) is 0 Å². The van der Waals surface area contributed by atoms with Crippen LogP contribution in [0.15, 0.2) is 30.3 Å². The molecule has 1 aromatic carbocycles. The smallest absolute Gasteiger partial charge is 0.222 e. The van der Waals surface area contributed by atoms with Crippen molar-refractivity contribution in [2.45, 2.75) is 58.6 Å². The van der Waals surface area contributed by atoms with E-state index in [1.807, 2.05) is 39.0 Å². The highest BCUT2D eigenvalue weighted by Gasteiger charge is 2.29. The number of carbonyl (C=O) groups excluding carboxylic acids is 1. The summed E-state index contributed by atoms with van der Waals surface area (Å²) >= 11 is 0. The first kappa shape index (κ1) is 16.7. The average molecular weight is 277 g/mol. The Kier molecular flexibility index (Phi) is 5.75. The van der Waals surface area contributed by atoms with Gasteiger partial charge in [0.25, 0.3) is 0 Å². The van der Waals surface area contributed by atoms with Gasteiger partial charge >= 0.3 is 0 Å². The highest BCUT2D eigenvalue weighted by Crippen LogP contribution is 2.26. The van der Waals surface area contributed by atoms with Gasteiger partial charge < -0.3 is 10.4 Å². The predicted octanol–water partition coefficient (Wildman–Crippen LogP) is 2.88. The summed E-state index contributed by atoms with van der Waals surface area (Å²) in [5, 5.41) is 12.8. The van der Waals surface area contributed by atoms with Crippen LogP contribution in [0.4, 0.5) is 0 Å². The summed E-state index contributed by atoms with van der Waals surface area (Å²) in [6.07, 6.45) is -0.422. The lowest BCUT2D eigenvalue weighted by atomic mass is 9.78. The zero-order valence-electron chi connectivity index (χ0n) is 13.2. The highest BCUT2D eigenvalue weighted by atomic mass is 16.3. The van der Waals surface area contributed by atoms with E-state index in [0.29, 0.717) is 0 Å². The van der Waals surface area contributed by atoms with Crippen LogP contribution in [0.1, 0.15) is 46.6 Å². The van der Waals surface area contributed by atoms with Crippen LogP contribution in [0.3, 0.4) is 0 Å². The van der Waals surface area contributed by atoms with Crippen molar-refractivity contribution < 1.29 is 9.90 Å². The van der Waals surface area contributed by atoms with Crippen molar-refractivity contribution in [3.05, 3.63) is 35.9 Å². The molecule has 0 aliphatic carbocycles. The van der Waals surface area contributed by atoms with Crippen LogP contribution in [-0.2, 0) is 10.2 Å². The minimum absolute atomic E-state index is 0.00300. The predicted molar refractivity (Wildman–Crippen MR) is 82.5 cm³/mol. The number of rotatable bonds is 6. The van der Waals surface area contributed by atoms with Gasteiger partial charge in [0.1, 0.15) is 0 Å². The van der Waals surface area contributed by atoms with Crippen molar-refractivity contribution in [1.82, 2.24) is 5.32 Å². The molecular weight excluding hydrogens is 250 g/mol. The van der Waals surface area contributed by atoms with Crippen LogP contribution in [0.25, 0.3) is 0 Å². The fourth-order valence-corrected chi connectivity index (χ4v) is 2.02. The summed E-state index contributed by atoms with van der Waals surface area (Å²) in [4.78, 5) is 12.0. The average Bonchev–Trinajstić information content (AvgIpc) is 2.39. The van der Waals surface area contributed by atoms with E-state index >= 15 is 0 Å². The molecule has 1 rings (SSSR count). The maximum atomic E-state index is 12.0. The maximum absolute atomic E-state index is 12.0. The number of nitrogens with one attached hydrogen (secondary N) is 1. The van der Waals surface area contributed by atoms with Crippen LogP contribution in [0, 0.1) is 5.92 Å². The molecule has 2 N–H and O–H groups in total. The number of aliphatic hydroxyl groups excluding tert-OH is 1. The SMILES string of the molecule is CC(C)C(O)CC(=O)NC(C)C(C)(C)c1ccccc1. The first-order valence-corrected chi connectivity index (χ1v) is 7.28. The van der Waals surface area contributed by atoms with E-state index in [4.69, 9.17) is 0 Å². The second-order valence-electron chi connectivity index (χ2n) is 6.39. The van der Waals surface area contributed by atoms with Gasteiger partial charge in [0.05, 0.1) is 12.5 Å². The van der Waals surface area contributed by atoms with E-state index < -0.39 is 6.10 Å². The number of hydrogen-bond donors (Lipinski definition) is 2. The molecule has 0 aliphatic heterocycles. The zero-order valence-corrected chi connectivity index (χ0v) is 13.2. The van der Waals surface area contributed by atoms with Crippen LogP contribution in [0.5, 0.6) is 0 Å². The largest absolute Gasteiger partial charge is 0.392 e. The molecule has 3 nitrogen and oxygen atoms in total. The molecule has 0 aliphatic rings. The standard InChI is InChI=1S/C17H27NO2/c1-12(2)15(19)11-16(20)18-13(3)17(4,5)14-9-7-6-8-10-14/h6-10,12-13,15,19H,11H2,1-5H3,(H,18,20). The van der Waals surface area contributed by atoms with E-state index in [1.165, 1.54) is 5.56 Å². The van der Waals surface area contributed by atoms with E-state index in [0.717, 1.165) is 0 Å². The molecule has 0 fully saturated rings. The van der Waals surface area contributed by atoms with Crippen molar-refractivity contribution in [3.8, 4) is 0 Å². The number of amides is 1. The first-order valence-electron chi connectivity index (χ1n) is 7.28. The molecule has 0 radical (unpaired) electrons. The Labute approximate surface area is 122 Å². The topological polar surface area (TPSA) is 49.3 Å². The molecule has 20 heavy (non-hydrogen) atoms. The molecule has 2 atom stereocenters. The summed E-state index contributed by atoms with van der Waals surface area (Å²) in [5.41, 5.74) is 1.04. The molecule has 1 amide bonds. The third-order valence-corrected chi connectivity index (χ3v) is 4.14. The normalized spacial score (nSPS) is 14.9. The summed E-state index contributed by atoms with van der Waals surface area (Å²) in [6, 6.07) is 10.2. The van der Waals surface area contributed by atoms with Gasteiger partial charge in [-0.25, -0.2) is 0 Å². The number of hydrogen-bond acceptors (Lipinski definition) is 2. The van der Waals surface area contributed by atoms with Crippen molar-refractivity contribution >= 4 is 5.91 Å². The van der Waals surface area contributed by atoms with Crippen LogP contribution < -0.4 is 5.32 Å². The minimum Gasteiger partial charge on any atom is -0.392 e. The van der Waals surface area contributed by atoms with Crippen molar-refractivity contribution in [2.75, 3.05) is 0 Å². The quantitative estimate of drug-likeness (QED) is 0.840. The third-order valence-electron chi connectivity index (χ3n) is 4.14. The van der Waals surface area contributed by atoms with Gasteiger partial charge in [0, 0.05) is 11.5 Å².